The van der Waals surface area contributed by atoms with Crippen LogP contribution in [0.5, 0.6) is 5.88 Å². The normalized spacial score (nSPS) is 14.0. The van der Waals surface area contributed by atoms with Gasteiger partial charge in [-0.2, -0.15) is 0 Å². The van der Waals surface area contributed by atoms with E-state index in [4.69, 9.17) is 9.72 Å². The smallest absolute Gasteiger partial charge is 0.221 e. The van der Waals surface area contributed by atoms with Crippen molar-refractivity contribution in [3.63, 3.8) is 0 Å². The van der Waals surface area contributed by atoms with Crippen LogP contribution in [0.1, 0.15) is 62.4 Å². The SMILES string of the molecule is CC.OCc1c(-c2ccc(F)cc2)nc(OC2CCCC2)c(C(F)c2ccc3ccccc3c2)c1-c1ccc(F)cc1. The first-order chi connectivity index (χ1) is 20.5. The number of aliphatic hydroxyl groups is 1. The van der Waals surface area contributed by atoms with Crippen molar-refractivity contribution in [2.45, 2.75) is 58.4 Å². The summed E-state index contributed by atoms with van der Waals surface area (Å²) in [5, 5.41) is 12.6. The van der Waals surface area contributed by atoms with Crippen LogP contribution < -0.4 is 4.74 Å². The maximum absolute atomic E-state index is 16.9. The maximum atomic E-state index is 16.9. The van der Waals surface area contributed by atoms with Gasteiger partial charge in [0.2, 0.25) is 5.88 Å². The van der Waals surface area contributed by atoms with E-state index in [1.54, 1.807) is 36.4 Å². The molecule has 0 bridgehead atoms. The molecular formula is C36H34F3NO2. The zero-order valence-electron chi connectivity index (χ0n) is 23.8. The fourth-order valence-electron chi connectivity index (χ4n) is 5.59. The van der Waals surface area contributed by atoms with Crippen molar-refractivity contribution in [1.29, 1.82) is 0 Å². The van der Waals surface area contributed by atoms with E-state index in [2.05, 4.69) is 0 Å². The van der Waals surface area contributed by atoms with E-state index in [9.17, 15) is 13.9 Å². The molecule has 0 radical (unpaired) electrons. The maximum Gasteiger partial charge on any atom is 0.221 e. The minimum absolute atomic E-state index is 0.128. The number of benzene rings is 4. The molecule has 1 heterocycles. The topological polar surface area (TPSA) is 42.4 Å². The average molecular weight is 570 g/mol. The molecule has 4 aromatic carbocycles. The van der Waals surface area contributed by atoms with E-state index in [-0.39, 0.29) is 17.5 Å². The van der Waals surface area contributed by atoms with E-state index in [0.717, 1.165) is 36.5 Å². The number of hydrogen-bond acceptors (Lipinski definition) is 3. The number of pyridine rings is 1. The Balaban J connectivity index is 0.00000173. The van der Waals surface area contributed by atoms with Crippen molar-refractivity contribution in [2.75, 3.05) is 0 Å². The number of rotatable bonds is 7. The molecule has 1 aromatic heterocycles. The van der Waals surface area contributed by atoms with Gasteiger partial charge in [-0.3, -0.25) is 0 Å². The van der Waals surface area contributed by atoms with Crippen molar-refractivity contribution in [2.24, 2.45) is 0 Å². The van der Waals surface area contributed by atoms with Gasteiger partial charge in [0.15, 0.2) is 6.17 Å². The van der Waals surface area contributed by atoms with Crippen molar-refractivity contribution in [3.05, 3.63) is 119 Å². The summed E-state index contributed by atoms with van der Waals surface area (Å²) in [6, 6.07) is 24.7. The van der Waals surface area contributed by atoms with E-state index < -0.39 is 24.4 Å². The minimum atomic E-state index is -1.65. The van der Waals surface area contributed by atoms with Crippen LogP contribution in [0.2, 0.25) is 0 Å². The quantitative estimate of drug-likeness (QED) is 0.212. The Hall–Kier alpha value is -4.16. The van der Waals surface area contributed by atoms with Gasteiger partial charge in [-0.1, -0.05) is 62.4 Å². The van der Waals surface area contributed by atoms with Gasteiger partial charge < -0.3 is 9.84 Å². The molecule has 0 saturated heterocycles. The van der Waals surface area contributed by atoms with Gasteiger partial charge in [0, 0.05) is 16.7 Å². The first-order valence-electron chi connectivity index (χ1n) is 14.5. The molecule has 1 aliphatic carbocycles. The van der Waals surface area contributed by atoms with E-state index in [1.165, 1.54) is 24.3 Å². The summed E-state index contributed by atoms with van der Waals surface area (Å²) in [5.74, 6) is -0.715. The predicted octanol–water partition coefficient (Wildman–Crippen LogP) is 9.75. The Labute approximate surface area is 244 Å². The number of fused-ring (bicyclic) bond motifs is 1. The van der Waals surface area contributed by atoms with Crippen LogP contribution in [-0.2, 0) is 6.61 Å². The molecule has 216 valence electrons. The molecule has 0 amide bonds. The molecule has 1 atom stereocenters. The average Bonchev–Trinajstić information content (AvgIpc) is 3.55. The number of ether oxygens (including phenoxy) is 1. The third kappa shape index (κ3) is 6.04. The molecule has 0 aliphatic heterocycles. The summed E-state index contributed by atoms with van der Waals surface area (Å²) in [6.07, 6.45) is 1.89. The van der Waals surface area contributed by atoms with Crippen LogP contribution >= 0.6 is 0 Å². The first kappa shape index (κ1) is 29.3. The van der Waals surface area contributed by atoms with Crippen LogP contribution in [0, 0.1) is 11.6 Å². The third-order valence-electron chi connectivity index (χ3n) is 7.61. The molecule has 0 spiro atoms. The van der Waals surface area contributed by atoms with E-state index >= 15 is 4.39 Å². The van der Waals surface area contributed by atoms with Crippen molar-refractivity contribution in [1.82, 2.24) is 4.98 Å². The van der Waals surface area contributed by atoms with Gasteiger partial charge in [0.05, 0.1) is 17.9 Å². The molecule has 6 heteroatoms. The number of alkyl halides is 1. The van der Waals surface area contributed by atoms with Gasteiger partial charge in [0.1, 0.15) is 17.7 Å². The fraction of sp³-hybridized carbons (Fsp3) is 0.250. The lowest BCUT2D eigenvalue weighted by atomic mass is 9.88. The van der Waals surface area contributed by atoms with Crippen molar-refractivity contribution < 1.29 is 23.0 Å². The zero-order valence-corrected chi connectivity index (χ0v) is 23.8. The summed E-state index contributed by atoms with van der Waals surface area (Å²) >= 11 is 0. The molecule has 1 N–H and O–H groups in total. The number of halogens is 3. The summed E-state index contributed by atoms with van der Waals surface area (Å²) in [4.78, 5) is 4.80. The molecule has 1 unspecified atom stereocenters. The Morgan fingerprint density at radius 1 is 0.810 bits per heavy atom. The molecule has 1 fully saturated rings. The number of aromatic nitrogens is 1. The zero-order chi connectivity index (χ0) is 29.6. The largest absolute Gasteiger partial charge is 0.474 e. The second-order valence-electron chi connectivity index (χ2n) is 10.2. The minimum Gasteiger partial charge on any atom is -0.474 e. The summed E-state index contributed by atoms with van der Waals surface area (Å²) in [5.41, 5.74) is 2.79. The molecule has 6 rings (SSSR count). The van der Waals surface area contributed by atoms with Crippen LogP contribution in [-0.4, -0.2) is 16.2 Å². The summed E-state index contributed by atoms with van der Waals surface area (Å²) in [6.45, 7) is 3.54. The van der Waals surface area contributed by atoms with Gasteiger partial charge in [-0.15, -0.1) is 0 Å². The third-order valence-corrected chi connectivity index (χ3v) is 7.61. The molecule has 3 nitrogen and oxygen atoms in total. The Bertz CT molecular complexity index is 1650. The fourth-order valence-corrected chi connectivity index (χ4v) is 5.59. The molecule has 42 heavy (non-hydrogen) atoms. The molecule has 1 aliphatic rings. The second-order valence-corrected chi connectivity index (χ2v) is 10.2. The van der Waals surface area contributed by atoms with Gasteiger partial charge in [0.25, 0.3) is 0 Å². The monoisotopic (exact) mass is 569 g/mol. The van der Waals surface area contributed by atoms with Crippen molar-refractivity contribution in [3.8, 4) is 28.3 Å². The van der Waals surface area contributed by atoms with Gasteiger partial charge >= 0.3 is 0 Å². The van der Waals surface area contributed by atoms with E-state index in [0.29, 0.717) is 33.5 Å². The summed E-state index contributed by atoms with van der Waals surface area (Å²) in [7, 11) is 0. The Kier molecular flexibility index (Phi) is 9.23. The van der Waals surface area contributed by atoms with Crippen LogP contribution in [0.15, 0.2) is 91.0 Å². The van der Waals surface area contributed by atoms with E-state index in [1.807, 2.05) is 44.2 Å². The second kappa shape index (κ2) is 13.2. The highest BCUT2D eigenvalue weighted by Gasteiger charge is 2.31. The molecular weight excluding hydrogens is 535 g/mol. The van der Waals surface area contributed by atoms with Crippen LogP contribution in [0.4, 0.5) is 13.2 Å². The number of nitrogens with zero attached hydrogens (tertiary/aromatic N) is 1. The Morgan fingerprint density at radius 3 is 2.02 bits per heavy atom. The lowest BCUT2D eigenvalue weighted by molar-refractivity contribution is 0.195. The van der Waals surface area contributed by atoms with Gasteiger partial charge in [-0.05, 0) is 90.0 Å². The first-order valence-corrected chi connectivity index (χ1v) is 14.5. The standard InChI is InChI=1S/C34H28F3NO2.C2H6/c35-26-15-11-22(12-16-26)30-29(20-39)33(23-13-17-27(36)18-14-23)38-34(40-28-7-3-4-8-28)31(30)32(37)25-10-9-21-5-1-2-6-24(21)19-25;1-2/h1-2,5-6,9-19,28,32,39H,3-4,7-8,20H2;1-2H3. The Morgan fingerprint density at radius 2 is 1.40 bits per heavy atom. The highest BCUT2D eigenvalue weighted by Crippen LogP contribution is 2.46. The lowest BCUT2D eigenvalue weighted by Crippen LogP contribution is -2.16. The van der Waals surface area contributed by atoms with Gasteiger partial charge in [-0.25, -0.2) is 18.2 Å². The van der Waals surface area contributed by atoms with Crippen LogP contribution in [0.3, 0.4) is 0 Å². The predicted molar refractivity (Wildman–Crippen MR) is 162 cm³/mol. The summed E-state index contributed by atoms with van der Waals surface area (Å²) < 4.78 is 51.2. The lowest BCUT2D eigenvalue weighted by Gasteiger charge is -2.25. The van der Waals surface area contributed by atoms with Crippen LogP contribution in [0.25, 0.3) is 33.2 Å². The van der Waals surface area contributed by atoms with Crippen molar-refractivity contribution >= 4 is 10.8 Å². The highest BCUT2D eigenvalue weighted by molar-refractivity contribution is 5.84. The molecule has 1 saturated carbocycles. The number of aliphatic hydroxyl groups excluding tert-OH is 1. The molecule has 5 aromatic rings. The number of hydrogen-bond donors (Lipinski definition) is 1. The highest BCUT2D eigenvalue weighted by atomic mass is 19.1.